The third-order valence-electron chi connectivity index (χ3n) is 1.49. The van der Waals surface area contributed by atoms with Gasteiger partial charge in [-0.05, 0) is 19.8 Å². The quantitative estimate of drug-likeness (QED) is 0.671. The van der Waals surface area contributed by atoms with Crippen molar-refractivity contribution in [2.75, 3.05) is 6.61 Å². The van der Waals surface area contributed by atoms with Crippen LogP contribution in [-0.2, 0) is 16.0 Å². The second-order valence-corrected chi connectivity index (χ2v) is 3.34. The molecule has 0 bridgehead atoms. The highest BCUT2D eigenvalue weighted by Crippen LogP contribution is 2.28. The van der Waals surface area contributed by atoms with E-state index in [-0.39, 0.29) is 12.6 Å². The maximum absolute atomic E-state index is 11.0. The molecule has 0 saturated heterocycles. The molecule has 0 heterocycles. The van der Waals surface area contributed by atoms with Gasteiger partial charge in [0.1, 0.15) is 0 Å². The van der Waals surface area contributed by atoms with E-state index >= 15 is 0 Å². The normalized spacial score (nSPS) is 18.5. The van der Waals surface area contributed by atoms with Gasteiger partial charge in [0.25, 0.3) is 11.3 Å². The summed E-state index contributed by atoms with van der Waals surface area (Å²) in [4.78, 5) is 11.0. The summed E-state index contributed by atoms with van der Waals surface area (Å²) in [7, 11) is 0. The fraction of sp³-hybridized carbons (Fsp3) is 0.833. The highest BCUT2D eigenvalue weighted by atomic mass is 32.2. The lowest BCUT2D eigenvalue weighted by Gasteiger charge is -2.15. The van der Waals surface area contributed by atoms with Gasteiger partial charge < -0.3 is 4.74 Å². The summed E-state index contributed by atoms with van der Waals surface area (Å²) in [6, 6.07) is -0.102. The molecular formula is C6H11NO4S. The molecule has 5 nitrogen and oxygen atoms in total. The van der Waals surface area contributed by atoms with Gasteiger partial charge >= 0.3 is 6.09 Å². The second kappa shape index (κ2) is 3.86. The number of carbonyl (C=O) groups is 1. The molecule has 0 aliphatic heterocycles. The van der Waals surface area contributed by atoms with Crippen LogP contribution in [0.25, 0.3) is 0 Å². The minimum absolute atomic E-state index is 0.102. The molecule has 0 aromatic carbocycles. The van der Waals surface area contributed by atoms with E-state index in [4.69, 9.17) is 4.55 Å². The van der Waals surface area contributed by atoms with Crippen molar-refractivity contribution in [2.45, 2.75) is 25.8 Å². The zero-order chi connectivity index (χ0) is 9.14. The minimum atomic E-state index is -2.24. The molecule has 1 rings (SSSR count). The minimum Gasteiger partial charge on any atom is -0.449 e. The summed E-state index contributed by atoms with van der Waals surface area (Å²) < 4.78 is 24.8. The van der Waals surface area contributed by atoms with Gasteiger partial charge in [0, 0.05) is 0 Å². The highest BCUT2D eigenvalue weighted by Gasteiger charge is 2.37. The Bertz CT molecular complexity index is 204. The lowest BCUT2D eigenvalue weighted by molar-refractivity contribution is 0.129. The van der Waals surface area contributed by atoms with Crippen LogP contribution in [0.15, 0.2) is 0 Å². The Labute approximate surface area is 73.1 Å². The van der Waals surface area contributed by atoms with E-state index in [0.29, 0.717) is 0 Å². The van der Waals surface area contributed by atoms with Crippen LogP contribution in [0.4, 0.5) is 4.79 Å². The standard InChI is InChI=1S/C6H11NO4S/c1-2-11-6(8)7(12(9)10)5-3-4-5/h5H,2-4H2,1H3,(H,9,10). The van der Waals surface area contributed by atoms with Gasteiger partial charge in [0.15, 0.2) is 0 Å². The first-order valence-corrected chi connectivity index (χ1v) is 4.80. The van der Waals surface area contributed by atoms with Crippen molar-refractivity contribution in [3.8, 4) is 0 Å². The zero-order valence-corrected chi connectivity index (χ0v) is 7.54. The van der Waals surface area contributed by atoms with Gasteiger partial charge in [-0.2, -0.15) is 0 Å². The first kappa shape index (κ1) is 9.47. The molecule has 6 heteroatoms. The molecule has 1 unspecified atom stereocenters. The molecule has 0 aromatic heterocycles. The fourth-order valence-electron chi connectivity index (χ4n) is 0.836. The maximum atomic E-state index is 11.0. The molecule has 0 spiro atoms. The molecule has 0 aromatic rings. The molecule has 1 fully saturated rings. The Kier molecular flexibility index (Phi) is 3.05. The van der Waals surface area contributed by atoms with Gasteiger partial charge in [-0.15, -0.1) is 0 Å². The lowest BCUT2D eigenvalue weighted by Crippen LogP contribution is -2.34. The number of carbonyl (C=O) groups excluding carboxylic acids is 1. The van der Waals surface area contributed by atoms with E-state index in [1.807, 2.05) is 0 Å². The molecule has 1 aliphatic rings. The molecule has 1 aliphatic carbocycles. The van der Waals surface area contributed by atoms with E-state index in [1.165, 1.54) is 0 Å². The molecule has 12 heavy (non-hydrogen) atoms. The van der Waals surface area contributed by atoms with Gasteiger partial charge in [-0.1, -0.05) is 0 Å². The van der Waals surface area contributed by atoms with Gasteiger partial charge in [-0.25, -0.2) is 13.3 Å². The van der Waals surface area contributed by atoms with Crippen molar-refractivity contribution in [2.24, 2.45) is 0 Å². The first-order chi connectivity index (χ1) is 5.66. The van der Waals surface area contributed by atoms with Crippen molar-refractivity contribution < 1.29 is 18.3 Å². The topological polar surface area (TPSA) is 66.8 Å². The van der Waals surface area contributed by atoms with E-state index < -0.39 is 17.4 Å². The molecule has 0 radical (unpaired) electrons. The summed E-state index contributed by atoms with van der Waals surface area (Å²) in [5.41, 5.74) is 0. The van der Waals surface area contributed by atoms with Crippen molar-refractivity contribution in [1.29, 1.82) is 0 Å². The lowest BCUT2D eigenvalue weighted by atomic mass is 10.7. The largest absolute Gasteiger partial charge is 0.449 e. The van der Waals surface area contributed by atoms with Crippen molar-refractivity contribution in [3.63, 3.8) is 0 Å². The molecule has 1 N–H and O–H groups in total. The molecular weight excluding hydrogens is 182 g/mol. The van der Waals surface area contributed by atoms with Gasteiger partial charge in [0.05, 0.1) is 12.6 Å². The van der Waals surface area contributed by atoms with Crippen LogP contribution in [0.2, 0.25) is 0 Å². The third kappa shape index (κ3) is 2.18. The van der Waals surface area contributed by atoms with E-state index in [9.17, 15) is 9.00 Å². The van der Waals surface area contributed by atoms with Crippen LogP contribution in [0, 0.1) is 0 Å². The Balaban J connectivity index is 2.52. The van der Waals surface area contributed by atoms with E-state index in [0.717, 1.165) is 17.1 Å². The fourth-order valence-corrected chi connectivity index (χ4v) is 1.48. The maximum Gasteiger partial charge on any atom is 0.423 e. The summed E-state index contributed by atoms with van der Waals surface area (Å²) >= 11 is -2.24. The molecule has 1 saturated carbocycles. The molecule has 1 atom stereocenters. The Morgan fingerprint density at radius 2 is 2.33 bits per heavy atom. The Morgan fingerprint density at radius 3 is 2.67 bits per heavy atom. The highest BCUT2D eigenvalue weighted by molar-refractivity contribution is 7.77. The van der Waals surface area contributed by atoms with Crippen LogP contribution >= 0.6 is 0 Å². The SMILES string of the molecule is CCOC(=O)N(C1CC1)S(=O)O. The van der Waals surface area contributed by atoms with Crippen LogP contribution in [0.5, 0.6) is 0 Å². The number of hydrogen-bond acceptors (Lipinski definition) is 3. The average molecular weight is 193 g/mol. The van der Waals surface area contributed by atoms with Crippen LogP contribution in [-0.4, -0.2) is 31.8 Å². The van der Waals surface area contributed by atoms with Crippen LogP contribution in [0.3, 0.4) is 0 Å². The van der Waals surface area contributed by atoms with Gasteiger partial charge in [-0.3, -0.25) is 4.55 Å². The third-order valence-corrected chi connectivity index (χ3v) is 2.28. The Hall–Kier alpha value is -0.620. The second-order valence-electron chi connectivity index (χ2n) is 2.49. The molecule has 70 valence electrons. The van der Waals surface area contributed by atoms with Crippen LogP contribution < -0.4 is 0 Å². The summed E-state index contributed by atoms with van der Waals surface area (Å²) in [6.07, 6.45) is 0.858. The number of rotatable bonds is 3. The summed E-state index contributed by atoms with van der Waals surface area (Å²) in [6.45, 7) is 1.88. The predicted molar refractivity (Wildman–Crippen MR) is 42.7 cm³/mol. The number of hydrogen-bond donors (Lipinski definition) is 1. The number of amides is 1. The van der Waals surface area contributed by atoms with E-state index in [2.05, 4.69) is 4.74 Å². The van der Waals surface area contributed by atoms with Crippen molar-refractivity contribution in [3.05, 3.63) is 0 Å². The summed E-state index contributed by atoms with van der Waals surface area (Å²) in [5.74, 6) is 0. The predicted octanol–water partition coefficient (Wildman–Crippen LogP) is 0.744. The average Bonchev–Trinajstić information content (AvgIpc) is 2.71. The first-order valence-electron chi connectivity index (χ1n) is 3.73. The monoisotopic (exact) mass is 193 g/mol. The number of ether oxygens (including phenoxy) is 1. The summed E-state index contributed by atoms with van der Waals surface area (Å²) in [5, 5.41) is 0. The smallest absolute Gasteiger partial charge is 0.423 e. The number of nitrogens with zero attached hydrogens (tertiary/aromatic N) is 1. The molecule has 1 amide bonds. The Morgan fingerprint density at radius 1 is 1.75 bits per heavy atom. The van der Waals surface area contributed by atoms with Crippen molar-refractivity contribution >= 4 is 17.4 Å². The van der Waals surface area contributed by atoms with Crippen LogP contribution in [0.1, 0.15) is 19.8 Å². The zero-order valence-electron chi connectivity index (χ0n) is 6.73. The van der Waals surface area contributed by atoms with Crippen molar-refractivity contribution in [1.82, 2.24) is 4.31 Å². The van der Waals surface area contributed by atoms with Gasteiger partial charge in [0.2, 0.25) is 0 Å². The van der Waals surface area contributed by atoms with E-state index in [1.54, 1.807) is 6.92 Å².